The number of ether oxygens (including phenoxy) is 8. The number of hydrogen-bond acceptors (Lipinski definition) is 27. The number of unbranched alkanes of at least 4 members (excludes halogenated alkanes) is 2. The maximum atomic E-state index is 16.9. The predicted molar refractivity (Wildman–Crippen MR) is 471 cm³/mol. The Hall–Kier alpha value is -10.3. The van der Waals surface area contributed by atoms with E-state index in [1.807, 2.05) is 27.7 Å². The number of ketones is 3. The zero-order chi connectivity index (χ0) is 93.2. The van der Waals surface area contributed by atoms with Crippen molar-refractivity contribution in [2.45, 2.75) is 248 Å². The fraction of sp³-hybridized carbons (Fsp3) is 0.526. The lowest BCUT2D eigenvalue weighted by molar-refractivity contribution is -0.333. The van der Waals surface area contributed by atoms with Crippen LogP contribution in [0.4, 0.5) is 10.5 Å². The van der Waals surface area contributed by atoms with E-state index in [1.165, 1.54) is 68.4 Å². The largest absolute Gasteiger partial charge is 0.508 e. The van der Waals surface area contributed by atoms with Crippen molar-refractivity contribution >= 4 is 81.8 Å². The number of phenols is 3. The number of imide groups is 1. The fourth-order valence-electron chi connectivity index (χ4n) is 19.8. The van der Waals surface area contributed by atoms with Gasteiger partial charge in [-0.1, -0.05) is 88.9 Å². The number of aliphatic hydroxyl groups excluding tert-OH is 6. The average molecular weight is 1840 g/mol. The summed E-state index contributed by atoms with van der Waals surface area (Å²) in [7, 11) is 0. The number of nitrogens with two attached hydrogens (primary N) is 1. The molecule has 15 bridgehead atoms. The van der Waals surface area contributed by atoms with Gasteiger partial charge >= 0.3 is 6.03 Å². The summed E-state index contributed by atoms with van der Waals surface area (Å²) in [6.45, 7) is 12.1. The Morgan fingerprint density at radius 1 is 0.669 bits per heavy atom. The van der Waals surface area contributed by atoms with Crippen molar-refractivity contribution in [2.75, 3.05) is 25.1 Å². The average Bonchev–Trinajstić information content (AvgIpc) is 0.761. The summed E-state index contributed by atoms with van der Waals surface area (Å²) >= 11 is 14.6. The Kier molecular flexibility index (Phi) is 30.1. The topological polar surface area (TPSA) is 508 Å². The van der Waals surface area contributed by atoms with Crippen LogP contribution >= 0.6 is 23.2 Å². The number of Topliss-reactive ketones (excluding diaryl/α,β-unsaturated/α-hetero) is 3. The molecule has 33 nitrogen and oxygen atoms in total. The Morgan fingerprint density at radius 3 is 1.94 bits per heavy atom. The molecule has 11 aliphatic rings. The number of halogens is 2. The zero-order valence-corrected chi connectivity index (χ0v) is 74.8. The molecule has 4 aliphatic carbocycles. The third-order valence-corrected chi connectivity index (χ3v) is 27.1. The monoisotopic (exact) mass is 1840 g/mol. The predicted octanol–water partition coefficient (Wildman–Crippen LogP) is 10.7. The molecule has 17 rings (SSSR count). The van der Waals surface area contributed by atoms with Crippen LogP contribution in [0.25, 0.3) is 11.1 Å². The highest BCUT2D eigenvalue weighted by Gasteiger charge is 2.53. The first-order valence-corrected chi connectivity index (χ1v) is 45.5. The molecule has 35 heteroatoms. The number of carbonyl (C=O) groups excluding carboxylic acids is 9. The summed E-state index contributed by atoms with van der Waals surface area (Å²) in [5.41, 5.74) is 3.59. The van der Waals surface area contributed by atoms with Crippen LogP contribution in [-0.4, -0.2) is 186 Å². The highest BCUT2D eigenvalue weighted by Crippen LogP contribution is 2.59. The molecule has 0 aromatic heterocycles. The van der Waals surface area contributed by atoms with Gasteiger partial charge in [0.15, 0.2) is 41.2 Å². The first kappa shape index (κ1) is 95.8. The maximum Gasteiger partial charge on any atom is 0.325 e. The first-order valence-electron chi connectivity index (χ1n) is 44.7. The van der Waals surface area contributed by atoms with Crippen molar-refractivity contribution in [1.29, 1.82) is 0 Å². The Balaban J connectivity index is 0.955. The van der Waals surface area contributed by atoms with Crippen molar-refractivity contribution in [2.24, 2.45) is 53.1 Å². The van der Waals surface area contributed by atoms with Crippen LogP contribution in [0.2, 0.25) is 10.0 Å². The summed E-state index contributed by atoms with van der Waals surface area (Å²) < 4.78 is 51.4. The molecular weight excluding hydrogens is 1730 g/mol. The van der Waals surface area contributed by atoms with E-state index in [0.29, 0.717) is 37.0 Å². The van der Waals surface area contributed by atoms with Gasteiger partial charge in [-0.25, -0.2) is 4.79 Å². The molecule has 0 unspecified atom stereocenters. The Morgan fingerprint density at radius 2 is 1.32 bits per heavy atom. The van der Waals surface area contributed by atoms with Gasteiger partial charge in [0, 0.05) is 66.8 Å². The number of fused-ring (bicyclic) bond motifs is 15. The molecule has 0 spiro atoms. The summed E-state index contributed by atoms with van der Waals surface area (Å²) in [5.74, 6) is -15.9. The maximum absolute atomic E-state index is 16.9. The molecule has 6 aromatic carbocycles. The van der Waals surface area contributed by atoms with E-state index in [9.17, 15) is 60.3 Å². The SMILES string of the molecule is CCCCOc1ccc(NC(=O)NC(=O)C[C@@H]2CC(=O)[C@H](NC(=O)[C@H](CC)CC(C)C)[C@H](O)c3ccc(c(Cl)c3)Oc3cc4cc(c3O[C@@H]3O[C@H](CO)[C@@H](O)[C@H](O)[C@H]3O[C@H]3C[C@](C)(N)[C@H](O)[C@H](C)O3)Oc3ccc(cc3Cl)[C@@H](O)[C@@H]3NC(=O)[C@H](CC(=O)[C@@H]4NC2=O)c2ccc(O)c(c2)-c2c(O)cc(O)cc2[C@@H](C(=O)CC2C4CC5CC(C4)CC2C5)NC3=O)c(OCCCC)c1. The van der Waals surface area contributed by atoms with Gasteiger partial charge in [0.2, 0.25) is 41.6 Å². The van der Waals surface area contributed by atoms with E-state index in [-0.39, 0.29) is 116 Å². The lowest BCUT2D eigenvalue weighted by atomic mass is 9.51. The van der Waals surface area contributed by atoms with Crippen molar-refractivity contribution in [3.05, 3.63) is 135 Å². The molecule has 18 atom stereocenters. The highest BCUT2D eigenvalue weighted by molar-refractivity contribution is 6.32. The minimum atomic E-state index is -2.28. The first-order chi connectivity index (χ1) is 62.0. The minimum Gasteiger partial charge on any atom is -0.508 e. The molecule has 7 aliphatic heterocycles. The van der Waals surface area contributed by atoms with Crippen molar-refractivity contribution in [1.82, 2.24) is 26.6 Å². The molecule has 7 amide bonds. The van der Waals surface area contributed by atoms with Gasteiger partial charge in [-0.3, -0.25) is 43.7 Å². The Labute approximate surface area is 761 Å². The third-order valence-electron chi connectivity index (χ3n) is 26.5. The van der Waals surface area contributed by atoms with Crippen molar-refractivity contribution < 1.29 is 127 Å². The minimum absolute atomic E-state index is 0.0632. The van der Waals surface area contributed by atoms with E-state index in [4.69, 9.17) is 66.8 Å². The molecule has 2 saturated heterocycles. The second kappa shape index (κ2) is 40.8. The third kappa shape index (κ3) is 21.3. The van der Waals surface area contributed by atoms with E-state index >= 15 is 28.8 Å². The van der Waals surface area contributed by atoms with E-state index < -0.39 is 228 Å². The van der Waals surface area contributed by atoms with Crippen molar-refractivity contribution in [3.8, 4) is 68.6 Å². The molecule has 130 heavy (non-hydrogen) atoms. The van der Waals surface area contributed by atoms with Crippen LogP contribution in [0.1, 0.15) is 209 Å². The lowest BCUT2D eigenvalue weighted by Gasteiger charge is -2.54. The molecule has 7 heterocycles. The highest BCUT2D eigenvalue weighted by atomic mass is 35.5. The summed E-state index contributed by atoms with van der Waals surface area (Å²) in [6.07, 6.45) is -12.9. The second-order valence-corrected chi connectivity index (χ2v) is 37.4. The van der Waals surface area contributed by atoms with Gasteiger partial charge in [-0.15, -0.1) is 0 Å². The summed E-state index contributed by atoms with van der Waals surface area (Å²) in [5, 5.41) is 123. The fourth-order valence-corrected chi connectivity index (χ4v) is 20.3. The number of amides is 7. The molecule has 6 aromatic rings. The molecular formula is C95H115Cl2N7O26. The molecule has 17 N–H and O–H groups in total. The number of phenolic OH excluding ortho intramolecular Hbond substituents is 3. The number of aromatic hydroxyl groups is 3. The number of hydrogen-bond donors (Lipinski definition) is 16. The number of nitrogens with one attached hydrogen (secondary N) is 6. The molecule has 6 fully saturated rings. The number of carbonyl (C=O) groups is 9. The Bertz CT molecular complexity index is 5220. The van der Waals surface area contributed by atoms with Gasteiger partial charge in [0.25, 0.3) is 0 Å². The van der Waals surface area contributed by atoms with Crippen LogP contribution in [0, 0.1) is 47.3 Å². The van der Waals surface area contributed by atoms with Crippen LogP contribution < -0.4 is 61.3 Å². The van der Waals surface area contributed by atoms with Crippen LogP contribution in [-0.2, 0) is 52.6 Å². The molecule has 700 valence electrons. The summed E-state index contributed by atoms with van der Waals surface area (Å²) in [4.78, 5) is 141. The lowest BCUT2D eigenvalue weighted by Crippen LogP contribution is -2.64. The standard InChI is InChI=1S/C95H115Cl2N7O26/c1-8-11-21-123-56-16-17-63(71(38-56)124-22-12-9-2)99-94(122)100-75(112)35-54-32-66(109)80(103-89(118)47(10-3)23-43(4)5)82(113)49-14-19-69(61(96)30-49)126-72-33-53-34-73(86(72)130-93-87(85(116)84(115)74(42-105)128-93)129-76-41-95(7,98)88(117)44(6)125-76)127-70-20-15-50(31-62(70)97)83(114)81-92(121)102-79(68(111)39-57-51-25-45-24-46(27-51)28-52(57)26-45)60-36-55(106)37-65(108)77(60)59-29-48(13-18-64(59)107)58(91(120)104-81)40-67(110)78(53)101-90(54)119/h13-20,29-31,33-34,36-38,43-47,51-52,54,57-58,74,76,78-85,87-88,93,105-108,113-117H,8-12,21-28,32,35,39-42,98H2,1-7H3,(H,101,119)(H,102,121)(H,103,118)(H,104,120)(H2,99,100,112,122)/t44-,45?,46?,47+,51?,52?,54-,57?,58+,74+,76-,78+,79-,80-,81-,82+,83+,84+,85-,87+,88+,93-,95-/m0/s1. The normalized spacial score (nSPS) is 29.7. The smallest absolute Gasteiger partial charge is 0.325 e. The van der Waals surface area contributed by atoms with E-state index in [2.05, 4.69) is 31.9 Å². The molecule has 4 saturated carbocycles. The number of rotatable bonds is 24. The number of aliphatic hydroxyl groups is 6. The van der Waals surface area contributed by atoms with Gasteiger partial charge in [0.1, 0.15) is 94.9 Å². The zero-order valence-electron chi connectivity index (χ0n) is 73.3. The summed E-state index contributed by atoms with van der Waals surface area (Å²) in [6, 6.07) is 10.5. The van der Waals surface area contributed by atoms with Gasteiger partial charge in [0.05, 0.1) is 59.6 Å². The van der Waals surface area contributed by atoms with Crippen molar-refractivity contribution in [3.63, 3.8) is 0 Å². The van der Waals surface area contributed by atoms with Crippen LogP contribution in [0.3, 0.4) is 0 Å². The van der Waals surface area contributed by atoms with E-state index in [0.717, 1.165) is 81.7 Å². The quantitative estimate of drug-likeness (QED) is 0.0250. The van der Waals surface area contributed by atoms with E-state index in [1.54, 1.807) is 19.1 Å². The van der Waals surface area contributed by atoms with Crippen LogP contribution in [0.5, 0.6) is 57.5 Å². The number of urea groups is 1. The number of benzene rings is 6. The van der Waals surface area contributed by atoms with Gasteiger partial charge in [-0.2, -0.15) is 0 Å². The molecule has 0 radical (unpaired) electrons. The van der Waals surface area contributed by atoms with Crippen LogP contribution in [0.15, 0.2) is 97.1 Å². The second-order valence-electron chi connectivity index (χ2n) is 36.6. The van der Waals surface area contributed by atoms with Gasteiger partial charge < -0.3 is 116 Å². The number of anilines is 1. The van der Waals surface area contributed by atoms with Gasteiger partial charge in [-0.05, 0) is 202 Å².